The number of halogens is 1. The number of nitrogens with zero attached hydrogens (tertiary/aromatic N) is 1. The first kappa shape index (κ1) is 14.7. The Hall–Kier alpha value is -1.69. The van der Waals surface area contributed by atoms with Gasteiger partial charge in [0, 0.05) is 18.5 Å². The number of amides is 1. The van der Waals surface area contributed by atoms with Gasteiger partial charge in [0.25, 0.3) is 0 Å². The molecule has 0 spiro atoms. The van der Waals surface area contributed by atoms with Crippen molar-refractivity contribution in [2.24, 2.45) is 0 Å². The molecule has 2 aromatic rings. The second-order valence-electron chi connectivity index (χ2n) is 5.79. The fraction of sp³-hybridized carbons (Fsp3) is 0.429. The highest BCUT2D eigenvalue weighted by atomic mass is 32.1. The zero-order chi connectivity index (χ0) is 14.9. The van der Waals surface area contributed by atoms with E-state index in [1.54, 1.807) is 10.6 Å². The summed E-state index contributed by atoms with van der Waals surface area (Å²) in [7, 11) is 0. The first-order valence-corrected chi connectivity index (χ1v) is 6.86. The number of nitrogens with one attached hydrogen (secondary N) is 2. The molecule has 0 saturated heterocycles. The Kier molecular flexibility index (Phi) is 3.94. The van der Waals surface area contributed by atoms with E-state index >= 15 is 0 Å². The molecular weight excluding hydrogens is 277 g/mol. The van der Waals surface area contributed by atoms with Crippen LogP contribution in [0.2, 0.25) is 0 Å². The average Bonchev–Trinajstić information content (AvgIpc) is 2.59. The maximum Gasteiger partial charge on any atom is 0.222 e. The lowest BCUT2D eigenvalue weighted by molar-refractivity contribution is -0.122. The molecule has 0 radical (unpaired) electrons. The molecule has 20 heavy (non-hydrogen) atoms. The van der Waals surface area contributed by atoms with Crippen LogP contribution in [0, 0.1) is 10.6 Å². The van der Waals surface area contributed by atoms with Crippen LogP contribution in [0.5, 0.6) is 0 Å². The number of benzene rings is 1. The smallest absolute Gasteiger partial charge is 0.222 e. The first-order chi connectivity index (χ1) is 9.26. The minimum atomic E-state index is -0.320. The molecule has 0 aliphatic heterocycles. The molecule has 0 bridgehead atoms. The maximum absolute atomic E-state index is 13.3. The Morgan fingerprint density at radius 3 is 2.80 bits per heavy atom. The third-order valence-electron chi connectivity index (χ3n) is 2.81. The molecule has 0 saturated carbocycles. The summed E-state index contributed by atoms with van der Waals surface area (Å²) in [5.41, 5.74) is 1.19. The monoisotopic (exact) mass is 295 g/mol. The van der Waals surface area contributed by atoms with Crippen molar-refractivity contribution in [1.29, 1.82) is 0 Å². The Balaban J connectivity index is 2.18. The molecule has 1 amide bonds. The molecule has 0 atom stereocenters. The third-order valence-corrected chi connectivity index (χ3v) is 3.14. The van der Waals surface area contributed by atoms with Crippen LogP contribution >= 0.6 is 12.2 Å². The lowest BCUT2D eigenvalue weighted by Gasteiger charge is -2.20. The molecule has 6 heteroatoms. The molecule has 2 N–H and O–H groups in total. The van der Waals surface area contributed by atoms with Crippen molar-refractivity contribution >= 4 is 29.2 Å². The molecule has 2 rings (SSSR count). The van der Waals surface area contributed by atoms with Crippen molar-refractivity contribution < 1.29 is 9.18 Å². The van der Waals surface area contributed by atoms with Crippen molar-refractivity contribution in [3.05, 3.63) is 28.8 Å². The van der Waals surface area contributed by atoms with Crippen LogP contribution in [0.1, 0.15) is 27.2 Å². The standard InChI is InChI=1S/C14H18FN3OS/c1-14(2,3)17-12(19)6-7-18-11-8-9(15)4-5-10(11)16-13(18)20/h4-5,8H,6-7H2,1-3H3,(H,16,20)(H,17,19). The van der Waals surface area contributed by atoms with Gasteiger partial charge < -0.3 is 14.9 Å². The summed E-state index contributed by atoms with van der Waals surface area (Å²) >= 11 is 5.21. The number of aryl methyl sites for hydroxylation is 1. The van der Waals surface area contributed by atoms with Crippen molar-refractivity contribution in [3.63, 3.8) is 0 Å². The Morgan fingerprint density at radius 1 is 1.45 bits per heavy atom. The zero-order valence-electron chi connectivity index (χ0n) is 11.8. The number of rotatable bonds is 3. The number of hydrogen-bond acceptors (Lipinski definition) is 2. The maximum atomic E-state index is 13.3. The van der Waals surface area contributed by atoms with Gasteiger partial charge in [-0.3, -0.25) is 4.79 Å². The summed E-state index contributed by atoms with van der Waals surface area (Å²) in [5, 5.41) is 2.89. The van der Waals surface area contributed by atoms with Crippen molar-refractivity contribution in [1.82, 2.24) is 14.9 Å². The number of hydrogen-bond donors (Lipinski definition) is 2. The van der Waals surface area contributed by atoms with E-state index in [1.807, 2.05) is 20.8 Å². The summed E-state index contributed by atoms with van der Waals surface area (Å²) < 4.78 is 15.5. The van der Waals surface area contributed by atoms with E-state index in [0.29, 0.717) is 23.3 Å². The molecule has 0 aliphatic rings. The van der Waals surface area contributed by atoms with Gasteiger partial charge in [-0.15, -0.1) is 0 Å². The predicted molar refractivity (Wildman–Crippen MR) is 79.6 cm³/mol. The number of imidazole rings is 1. The quantitative estimate of drug-likeness (QED) is 0.855. The van der Waals surface area contributed by atoms with Gasteiger partial charge in [-0.1, -0.05) is 0 Å². The van der Waals surface area contributed by atoms with Gasteiger partial charge in [0.15, 0.2) is 4.77 Å². The molecule has 0 fully saturated rings. The summed E-state index contributed by atoms with van der Waals surface area (Å²) in [6, 6.07) is 4.44. The topological polar surface area (TPSA) is 49.8 Å². The number of fused-ring (bicyclic) bond motifs is 1. The van der Waals surface area contributed by atoms with E-state index in [2.05, 4.69) is 10.3 Å². The van der Waals surface area contributed by atoms with Gasteiger partial charge >= 0.3 is 0 Å². The number of aromatic nitrogens is 2. The van der Waals surface area contributed by atoms with Gasteiger partial charge in [-0.25, -0.2) is 4.39 Å². The Morgan fingerprint density at radius 2 is 2.15 bits per heavy atom. The summed E-state index contributed by atoms with van der Waals surface area (Å²) in [6.45, 7) is 6.21. The van der Waals surface area contributed by atoms with Gasteiger partial charge in [-0.05, 0) is 51.2 Å². The van der Waals surface area contributed by atoms with Crippen molar-refractivity contribution in [2.75, 3.05) is 0 Å². The number of H-pyrrole nitrogens is 1. The largest absolute Gasteiger partial charge is 0.351 e. The van der Waals surface area contributed by atoms with Crippen LogP contribution in [0.4, 0.5) is 4.39 Å². The predicted octanol–water partition coefficient (Wildman–Crippen LogP) is 3.14. The minimum Gasteiger partial charge on any atom is -0.351 e. The highest BCUT2D eigenvalue weighted by Crippen LogP contribution is 2.16. The average molecular weight is 295 g/mol. The van der Waals surface area contributed by atoms with Crippen LogP contribution in [0.15, 0.2) is 18.2 Å². The van der Waals surface area contributed by atoms with Crippen molar-refractivity contribution in [2.45, 2.75) is 39.3 Å². The lowest BCUT2D eigenvalue weighted by atomic mass is 10.1. The van der Waals surface area contributed by atoms with E-state index in [1.165, 1.54) is 12.1 Å². The Bertz CT molecular complexity index is 696. The summed E-state index contributed by atoms with van der Waals surface area (Å²) in [4.78, 5) is 14.8. The van der Waals surface area contributed by atoms with E-state index in [9.17, 15) is 9.18 Å². The molecule has 108 valence electrons. The van der Waals surface area contributed by atoms with Crippen LogP contribution in [-0.2, 0) is 11.3 Å². The van der Waals surface area contributed by atoms with Gasteiger partial charge in [-0.2, -0.15) is 0 Å². The SMILES string of the molecule is CC(C)(C)NC(=O)CCn1c(=S)[nH]c2ccc(F)cc21. The third kappa shape index (κ3) is 3.45. The van der Waals surface area contributed by atoms with Crippen LogP contribution in [-0.4, -0.2) is 21.0 Å². The number of aromatic amines is 1. The molecule has 1 aromatic carbocycles. The second-order valence-corrected chi connectivity index (χ2v) is 6.18. The normalized spacial score (nSPS) is 11.8. The highest BCUT2D eigenvalue weighted by Gasteiger charge is 2.14. The van der Waals surface area contributed by atoms with E-state index in [-0.39, 0.29) is 17.3 Å². The fourth-order valence-corrected chi connectivity index (χ4v) is 2.34. The summed E-state index contributed by atoms with van der Waals surface area (Å²) in [6.07, 6.45) is 0.301. The van der Waals surface area contributed by atoms with Crippen LogP contribution in [0.25, 0.3) is 11.0 Å². The molecule has 0 unspecified atom stereocenters. The van der Waals surface area contributed by atoms with E-state index < -0.39 is 0 Å². The molecular formula is C14H18FN3OS. The molecule has 4 nitrogen and oxygen atoms in total. The summed E-state index contributed by atoms with van der Waals surface area (Å²) in [5.74, 6) is -0.371. The molecule has 1 aromatic heterocycles. The second kappa shape index (κ2) is 5.36. The van der Waals surface area contributed by atoms with E-state index in [0.717, 1.165) is 5.52 Å². The van der Waals surface area contributed by atoms with Gasteiger partial charge in [0.05, 0.1) is 11.0 Å². The van der Waals surface area contributed by atoms with Gasteiger partial charge in [0.1, 0.15) is 5.82 Å². The van der Waals surface area contributed by atoms with Crippen molar-refractivity contribution in [3.8, 4) is 0 Å². The van der Waals surface area contributed by atoms with E-state index in [4.69, 9.17) is 12.2 Å². The first-order valence-electron chi connectivity index (χ1n) is 6.45. The molecule has 0 aliphatic carbocycles. The van der Waals surface area contributed by atoms with Crippen LogP contribution < -0.4 is 5.32 Å². The number of carbonyl (C=O) groups excluding carboxylic acids is 1. The number of carbonyl (C=O) groups is 1. The highest BCUT2D eigenvalue weighted by molar-refractivity contribution is 7.71. The zero-order valence-corrected chi connectivity index (χ0v) is 12.6. The van der Waals surface area contributed by atoms with Crippen LogP contribution in [0.3, 0.4) is 0 Å². The van der Waals surface area contributed by atoms with Gasteiger partial charge in [0.2, 0.25) is 5.91 Å². The minimum absolute atomic E-state index is 0.0508. The Labute approximate surface area is 122 Å². The molecule has 1 heterocycles. The lowest BCUT2D eigenvalue weighted by Crippen LogP contribution is -2.40. The fourth-order valence-electron chi connectivity index (χ4n) is 2.04.